The zero-order valence-electron chi connectivity index (χ0n) is 18.3. The third-order valence-corrected chi connectivity index (χ3v) is 6.42. The van der Waals surface area contributed by atoms with Crippen molar-refractivity contribution in [1.82, 2.24) is 10.3 Å². The molecular weight excluding hydrogens is 476 g/mol. The van der Waals surface area contributed by atoms with E-state index in [1.165, 1.54) is 35.6 Å². The molecular formula is C26H22ClF2N3OS. The molecule has 0 saturated carbocycles. The molecule has 0 aliphatic carbocycles. The number of rotatable bonds is 8. The van der Waals surface area contributed by atoms with E-state index in [2.05, 4.69) is 5.32 Å². The Morgan fingerprint density at radius 1 is 1.00 bits per heavy atom. The van der Waals surface area contributed by atoms with E-state index >= 15 is 0 Å². The van der Waals surface area contributed by atoms with Gasteiger partial charge in [0.05, 0.1) is 5.69 Å². The minimum atomic E-state index is -0.547. The summed E-state index contributed by atoms with van der Waals surface area (Å²) in [6.45, 7) is 2.21. The van der Waals surface area contributed by atoms with Gasteiger partial charge in [-0.05, 0) is 72.6 Å². The zero-order chi connectivity index (χ0) is 24.1. The molecule has 8 heteroatoms. The molecule has 174 valence electrons. The van der Waals surface area contributed by atoms with Gasteiger partial charge in [0, 0.05) is 28.2 Å². The maximum Gasteiger partial charge on any atom is 0.243 e. The highest BCUT2D eigenvalue weighted by Gasteiger charge is 2.28. The smallest absolute Gasteiger partial charge is 0.243 e. The molecule has 4 aromatic rings. The molecule has 0 aliphatic rings. The summed E-state index contributed by atoms with van der Waals surface area (Å²) in [5.74, 6) is -0.817. The van der Waals surface area contributed by atoms with Gasteiger partial charge in [-0.3, -0.25) is 4.79 Å². The van der Waals surface area contributed by atoms with Crippen LogP contribution in [0.4, 0.5) is 19.6 Å². The Hall–Kier alpha value is -3.29. The van der Waals surface area contributed by atoms with Gasteiger partial charge >= 0.3 is 0 Å². The van der Waals surface area contributed by atoms with Crippen LogP contribution in [0.1, 0.15) is 18.9 Å². The van der Waals surface area contributed by atoms with Crippen molar-refractivity contribution >= 4 is 39.7 Å². The van der Waals surface area contributed by atoms with Crippen LogP contribution in [0, 0.1) is 11.6 Å². The van der Waals surface area contributed by atoms with E-state index in [4.69, 9.17) is 16.6 Å². The number of hydrogen-bond donors (Lipinski definition) is 1. The van der Waals surface area contributed by atoms with Crippen molar-refractivity contribution in [3.05, 3.63) is 100 Å². The summed E-state index contributed by atoms with van der Waals surface area (Å²) in [5.41, 5.74) is 3.05. The fourth-order valence-electron chi connectivity index (χ4n) is 3.55. The van der Waals surface area contributed by atoms with Crippen molar-refractivity contribution in [2.45, 2.75) is 25.9 Å². The summed E-state index contributed by atoms with van der Waals surface area (Å²) in [7, 11) is 0. The first kappa shape index (κ1) is 23.9. The molecule has 0 saturated heterocycles. The minimum absolute atomic E-state index is 0.180. The van der Waals surface area contributed by atoms with Crippen molar-refractivity contribution in [2.75, 3.05) is 4.90 Å². The predicted molar refractivity (Wildman–Crippen MR) is 133 cm³/mol. The second-order valence-corrected chi connectivity index (χ2v) is 8.91. The quantitative estimate of drug-likeness (QED) is 0.286. The number of benzene rings is 3. The monoisotopic (exact) mass is 497 g/mol. The summed E-state index contributed by atoms with van der Waals surface area (Å²) in [5, 5.41) is 6.05. The number of thiazole rings is 1. The van der Waals surface area contributed by atoms with E-state index in [1.54, 1.807) is 36.4 Å². The van der Waals surface area contributed by atoms with E-state index in [0.29, 0.717) is 22.3 Å². The van der Waals surface area contributed by atoms with Crippen LogP contribution in [0.3, 0.4) is 0 Å². The lowest BCUT2D eigenvalue weighted by molar-refractivity contribution is -0.122. The maximum absolute atomic E-state index is 13.3. The largest absolute Gasteiger partial charge is 0.350 e. The molecule has 1 N–H and O–H groups in total. The molecule has 1 atom stereocenters. The number of carbonyl (C=O) groups is 1. The molecule has 0 unspecified atom stereocenters. The Kier molecular flexibility index (Phi) is 7.55. The Balaban J connectivity index is 1.63. The molecule has 0 bridgehead atoms. The number of aromatic nitrogens is 1. The van der Waals surface area contributed by atoms with E-state index in [-0.39, 0.29) is 24.1 Å². The van der Waals surface area contributed by atoms with Crippen LogP contribution in [-0.2, 0) is 11.3 Å². The minimum Gasteiger partial charge on any atom is -0.350 e. The van der Waals surface area contributed by atoms with Crippen LogP contribution in [0.25, 0.3) is 11.3 Å². The normalized spacial score (nSPS) is 11.8. The number of amides is 1. The molecule has 0 fully saturated rings. The lowest BCUT2D eigenvalue weighted by Gasteiger charge is -2.30. The molecule has 3 aromatic carbocycles. The van der Waals surface area contributed by atoms with Crippen molar-refractivity contribution in [1.29, 1.82) is 0 Å². The van der Waals surface area contributed by atoms with E-state index in [1.807, 2.05) is 29.3 Å². The maximum atomic E-state index is 13.3. The first-order valence-electron chi connectivity index (χ1n) is 10.7. The van der Waals surface area contributed by atoms with Crippen molar-refractivity contribution in [2.24, 2.45) is 0 Å². The average Bonchev–Trinajstić information content (AvgIpc) is 3.33. The van der Waals surface area contributed by atoms with Crippen LogP contribution in [0.2, 0.25) is 5.02 Å². The number of nitrogens with zero attached hydrogens (tertiary/aromatic N) is 2. The number of nitrogens with one attached hydrogen (secondary N) is 1. The highest BCUT2D eigenvalue weighted by atomic mass is 35.5. The fourth-order valence-corrected chi connectivity index (χ4v) is 4.58. The molecule has 1 heterocycles. The summed E-state index contributed by atoms with van der Waals surface area (Å²) < 4.78 is 26.5. The van der Waals surface area contributed by atoms with Crippen molar-refractivity contribution < 1.29 is 13.6 Å². The summed E-state index contributed by atoms with van der Waals surface area (Å²) in [4.78, 5) is 19.9. The second kappa shape index (κ2) is 10.8. The fraction of sp³-hybridized carbons (Fsp3) is 0.154. The van der Waals surface area contributed by atoms with E-state index in [9.17, 15) is 13.6 Å². The summed E-state index contributed by atoms with van der Waals surface area (Å²) in [6.07, 6.45) is 0.517. The third kappa shape index (κ3) is 5.61. The topological polar surface area (TPSA) is 45.2 Å². The van der Waals surface area contributed by atoms with Crippen molar-refractivity contribution in [3.8, 4) is 11.3 Å². The van der Waals surface area contributed by atoms with Gasteiger partial charge in [-0.25, -0.2) is 13.8 Å². The lowest BCUT2D eigenvalue weighted by Crippen LogP contribution is -2.44. The highest BCUT2D eigenvalue weighted by molar-refractivity contribution is 7.14. The molecule has 34 heavy (non-hydrogen) atoms. The van der Waals surface area contributed by atoms with Crippen LogP contribution in [-0.4, -0.2) is 16.9 Å². The summed E-state index contributed by atoms with van der Waals surface area (Å²) in [6, 6.07) is 18.8. The molecule has 1 amide bonds. The van der Waals surface area contributed by atoms with E-state index in [0.717, 1.165) is 16.8 Å². The van der Waals surface area contributed by atoms with Crippen LogP contribution in [0.15, 0.2) is 78.2 Å². The van der Waals surface area contributed by atoms with Gasteiger partial charge in [-0.2, -0.15) is 0 Å². The van der Waals surface area contributed by atoms with Gasteiger partial charge in [0.15, 0.2) is 5.13 Å². The molecule has 1 aromatic heterocycles. The van der Waals surface area contributed by atoms with Crippen molar-refractivity contribution in [3.63, 3.8) is 0 Å². The molecule has 0 spiro atoms. The summed E-state index contributed by atoms with van der Waals surface area (Å²) >= 11 is 7.50. The molecule has 0 aliphatic heterocycles. The number of carbonyl (C=O) groups excluding carboxylic acids is 1. The standard InChI is InChI=1S/C26H22ClF2N3OS/c1-2-24(25(33)30-15-17-3-9-20(28)10-4-17)32(22-13-7-19(27)8-14-22)26-31-23(16-34-26)18-5-11-21(29)12-6-18/h3-14,16,24H,2,15H2,1H3,(H,30,33)/t24-/m1/s1. The van der Waals surface area contributed by atoms with Gasteiger partial charge in [0.2, 0.25) is 5.91 Å². The van der Waals surface area contributed by atoms with Gasteiger partial charge in [0.1, 0.15) is 17.7 Å². The molecule has 4 nitrogen and oxygen atoms in total. The second-order valence-electron chi connectivity index (χ2n) is 7.64. The van der Waals surface area contributed by atoms with Crippen LogP contribution < -0.4 is 10.2 Å². The number of halogens is 3. The number of anilines is 2. The molecule has 4 rings (SSSR count). The Morgan fingerprint density at radius 3 is 2.24 bits per heavy atom. The van der Waals surface area contributed by atoms with Gasteiger partial charge in [0.25, 0.3) is 0 Å². The Labute approximate surface area is 205 Å². The Morgan fingerprint density at radius 2 is 1.62 bits per heavy atom. The number of hydrogen-bond acceptors (Lipinski definition) is 4. The van der Waals surface area contributed by atoms with Crippen LogP contribution >= 0.6 is 22.9 Å². The first-order chi connectivity index (χ1) is 16.4. The zero-order valence-corrected chi connectivity index (χ0v) is 19.9. The van der Waals surface area contributed by atoms with E-state index < -0.39 is 6.04 Å². The molecule has 0 radical (unpaired) electrons. The lowest BCUT2D eigenvalue weighted by atomic mass is 10.1. The Bertz CT molecular complexity index is 1240. The third-order valence-electron chi connectivity index (χ3n) is 5.32. The van der Waals surface area contributed by atoms with Gasteiger partial charge in [-0.1, -0.05) is 30.7 Å². The van der Waals surface area contributed by atoms with Gasteiger partial charge in [-0.15, -0.1) is 11.3 Å². The first-order valence-corrected chi connectivity index (χ1v) is 12.0. The SMILES string of the molecule is CC[C@H](C(=O)NCc1ccc(F)cc1)N(c1ccc(Cl)cc1)c1nc(-c2ccc(F)cc2)cs1. The van der Waals surface area contributed by atoms with Gasteiger partial charge < -0.3 is 10.2 Å². The van der Waals surface area contributed by atoms with Crippen LogP contribution in [0.5, 0.6) is 0 Å². The predicted octanol–water partition coefficient (Wildman–Crippen LogP) is 6.97. The average molecular weight is 498 g/mol. The highest BCUT2D eigenvalue weighted by Crippen LogP contribution is 2.35.